The average molecular weight is 314 g/mol. The van der Waals surface area contributed by atoms with Gasteiger partial charge < -0.3 is 14.9 Å². The summed E-state index contributed by atoms with van der Waals surface area (Å²) >= 11 is 0. The van der Waals surface area contributed by atoms with Gasteiger partial charge in [-0.15, -0.1) is 0 Å². The van der Waals surface area contributed by atoms with Crippen molar-refractivity contribution in [3.8, 4) is 17.2 Å². The summed E-state index contributed by atoms with van der Waals surface area (Å²) in [6.07, 6.45) is 0. The Labute approximate surface area is 134 Å². The first-order valence-corrected chi connectivity index (χ1v) is 7.00. The number of rotatable bonds is 5. The number of benzene rings is 2. The monoisotopic (exact) mass is 314 g/mol. The summed E-state index contributed by atoms with van der Waals surface area (Å²) in [5, 5.41) is 23.0. The number of carbonyl (C=O) groups excluding carboxylic acids is 1. The summed E-state index contributed by atoms with van der Waals surface area (Å²) in [6.45, 7) is 3.37. The van der Waals surface area contributed by atoms with Crippen molar-refractivity contribution < 1.29 is 19.7 Å². The highest BCUT2D eigenvalue weighted by molar-refractivity contribution is 6.01. The molecular weight excluding hydrogens is 296 g/mol. The van der Waals surface area contributed by atoms with Crippen LogP contribution in [0.25, 0.3) is 0 Å². The Morgan fingerprint density at radius 3 is 2.74 bits per heavy atom. The van der Waals surface area contributed by atoms with Crippen LogP contribution in [0.5, 0.6) is 17.2 Å². The van der Waals surface area contributed by atoms with Gasteiger partial charge in [0.05, 0.1) is 5.71 Å². The van der Waals surface area contributed by atoms with E-state index in [4.69, 9.17) is 4.74 Å². The first kappa shape index (κ1) is 16.4. The first-order valence-electron chi connectivity index (χ1n) is 7.00. The molecule has 6 nitrogen and oxygen atoms in total. The van der Waals surface area contributed by atoms with E-state index in [0.717, 1.165) is 5.56 Å². The van der Waals surface area contributed by atoms with Gasteiger partial charge in [-0.3, -0.25) is 4.79 Å². The van der Waals surface area contributed by atoms with Crippen molar-refractivity contribution >= 4 is 11.6 Å². The summed E-state index contributed by atoms with van der Waals surface area (Å²) in [4.78, 5) is 11.7. The highest BCUT2D eigenvalue weighted by Crippen LogP contribution is 2.22. The number of hydrogen-bond acceptors (Lipinski definition) is 5. The number of nitrogens with zero attached hydrogens (tertiary/aromatic N) is 1. The number of carbonyl (C=O) groups is 1. The molecule has 0 fully saturated rings. The number of hydrogen-bond donors (Lipinski definition) is 3. The van der Waals surface area contributed by atoms with Crippen molar-refractivity contribution in [2.45, 2.75) is 13.8 Å². The minimum atomic E-state index is -0.425. The number of nitrogens with one attached hydrogen (secondary N) is 1. The van der Waals surface area contributed by atoms with Crippen LogP contribution in [0.3, 0.4) is 0 Å². The molecule has 23 heavy (non-hydrogen) atoms. The Bertz CT molecular complexity index is 741. The predicted octanol–water partition coefficient (Wildman–Crippen LogP) is 2.33. The lowest BCUT2D eigenvalue weighted by molar-refractivity contribution is -0.123. The van der Waals surface area contributed by atoms with E-state index >= 15 is 0 Å². The minimum absolute atomic E-state index is 0.00135. The molecule has 120 valence electrons. The number of aryl methyl sites for hydroxylation is 1. The molecule has 0 radical (unpaired) electrons. The van der Waals surface area contributed by atoms with Crippen molar-refractivity contribution in [2.24, 2.45) is 5.10 Å². The van der Waals surface area contributed by atoms with E-state index < -0.39 is 5.91 Å². The molecule has 0 aromatic heterocycles. The van der Waals surface area contributed by atoms with Crippen LogP contribution in [0.2, 0.25) is 0 Å². The second kappa shape index (κ2) is 7.31. The third kappa shape index (κ3) is 4.74. The molecule has 0 aliphatic carbocycles. The first-order chi connectivity index (χ1) is 11.0. The van der Waals surface area contributed by atoms with Gasteiger partial charge in [-0.05, 0) is 49.7 Å². The SMILES string of the molecule is C/C(=N\NC(=O)COc1cccc(C)c1)c1cc(O)ccc1O. The average Bonchev–Trinajstić information content (AvgIpc) is 2.53. The van der Waals surface area contributed by atoms with Crippen LogP contribution in [0.1, 0.15) is 18.1 Å². The van der Waals surface area contributed by atoms with Crippen LogP contribution in [0, 0.1) is 6.92 Å². The standard InChI is InChI=1S/C17H18N2O4/c1-11-4-3-5-14(8-11)23-10-17(22)19-18-12(2)15-9-13(20)6-7-16(15)21/h3-9,20-21H,10H2,1-2H3,(H,19,22)/b18-12+. The van der Waals surface area contributed by atoms with Gasteiger partial charge >= 0.3 is 0 Å². The van der Waals surface area contributed by atoms with Gasteiger partial charge in [0.25, 0.3) is 5.91 Å². The molecule has 6 heteroatoms. The molecule has 0 spiro atoms. The highest BCUT2D eigenvalue weighted by Gasteiger charge is 2.07. The fourth-order valence-electron chi connectivity index (χ4n) is 1.91. The molecule has 3 N–H and O–H groups in total. The normalized spacial score (nSPS) is 11.1. The molecule has 0 atom stereocenters. The summed E-state index contributed by atoms with van der Waals surface area (Å²) < 4.78 is 5.36. The second-order valence-corrected chi connectivity index (χ2v) is 5.04. The maximum atomic E-state index is 11.7. The number of hydrazone groups is 1. The Balaban J connectivity index is 1.93. The Morgan fingerprint density at radius 2 is 2.00 bits per heavy atom. The lowest BCUT2D eigenvalue weighted by atomic mass is 10.1. The van der Waals surface area contributed by atoms with E-state index in [-0.39, 0.29) is 18.1 Å². The fourth-order valence-corrected chi connectivity index (χ4v) is 1.91. The van der Waals surface area contributed by atoms with Crippen molar-refractivity contribution in [2.75, 3.05) is 6.61 Å². The molecule has 2 rings (SSSR count). The summed E-state index contributed by atoms with van der Waals surface area (Å²) in [6, 6.07) is 11.4. The van der Waals surface area contributed by atoms with Gasteiger partial charge in [0.15, 0.2) is 6.61 Å². The largest absolute Gasteiger partial charge is 0.508 e. The van der Waals surface area contributed by atoms with E-state index in [2.05, 4.69) is 10.5 Å². The smallest absolute Gasteiger partial charge is 0.277 e. The molecule has 0 heterocycles. The fraction of sp³-hybridized carbons (Fsp3) is 0.176. The van der Waals surface area contributed by atoms with Crippen LogP contribution >= 0.6 is 0 Å². The lowest BCUT2D eigenvalue weighted by Crippen LogP contribution is -2.25. The van der Waals surface area contributed by atoms with E-state index in [9.17, 15) is 15.0 Å². The van der Waals surface area contributed by atoms with Gasteiger partial charge in [0, 0.05) is 5.56 Å². The summed E-state index contributed by atoms with van der Waals surface area (Å²) in [5.74, 6) is 0.146. The van der Waals surface area contributed by atoms with Crippen LogP contribution < -0.4 is 10.2 Å². The van der Waals surface area contributed by atoms with E-state index in [1.807, 2.05) is 25.1 Å². The molecule has 1 amide bonds. The number of phenols is 2. The molecule has 0 aliphatic heterocycles. The van der Waals surface area contributed by atoms with E-state index in [1.165, 1.54) is 18.2 Å². The molecule has 2 aromatic rings. The second-order valence-electron chi connectivity index (χ2n) is 5.04. The summed E-state index contributed by atoms with van der Waals surface area (Å²) in [7, 11) is 0. The van der Waals surface area contributed by atoms with Gasteiger partial charge in [-0.2, -0.15) is 5.10 Å². The minimum Gasteiger partial charge on any atom is -0.508 e. The van der Waals surface area contributed by atoms with Gasteiger partial charge in [0.2, 0.25) is 0 Å². The Morgan fingerprint density at radius 1 is 1.22 bits per heavy atom. The molecule has 0 saturated heterocycles. The maximum Gasteiger partial charge on any atom is 0.277 e. The molecular formula is C17H18N2O4. The quantitative estimate of drug-likeness (QED) is 0.449. The van der Waals surface area contributed by atoms with Gasteiger partial charge in [-0.1, -0.05) is 12.1 Å². The summed E-state index contributed by atoms with van der Waals surface area (Å²) in [5.41, 5.74) is 4.08. The predicted molar refractivity (Wildman–Crippen MR) is 86.8 cm³/mol. The number of aromatic hydroxyl groups is 2. The van der Waals surface area contributed by atoms with Crippen LogP contribution in [0.15, 0.2) is 47.6 Å². The zero-order valence-corrected chi connectivity index (χ0v) is 12.9. The van der Waals surface area contributed by atoms with Crippen molar-refractivity contribution in [3.63, 3.8) is 0 Å². The zero-order chi connectivity index (χ0) is 16.8. The highest BCUT2D eigenvalue weighted by atomic mass is 16.5. The van der Waals surface area contributed by atoms with E-state index in [0.29, 0.717) is 17.0 Å². The molecule has 2 aromatic carbocycles. The molecule has 0 saturated carbocycles. The van der Waals surface area contributed by atoms with Crippen molar-refractivity contribution in [1.29, 1.82) is 0 Å². The van der Waals surface area contributed by atoms with Crippen LogP contribution in [0.4, 0.5) is 0 Å². The zero-order valence-electron chi connectivity index (χ0n) is 12.9. The maximum absolute atomic E-state index is 11.7. The van der Waals surface area contributed by atoms with Crippen LogP contribution in [-0.4, -0.2) is 28.4 Å². The van der Waals surface area contributed by atoms with E-state index in [1.54, 1.807) is 13.0 Å². The topological polar surface area (TPSA) is 91.2 Å². The third-order valence-corrected chi connectivity index (χ3v) is 3.08. The van der Waals surface area contributed by atoms with Crippen LogP contribution in [-0.2, 0) is 4.79 Å². The van der Waals surface area contributed by atoms with Gasteiger partial charge in [-0.25, -0.2) is 5.43 Å². The van der Waals surface area contributed by atoms with Crippen molar-refractivity contribution in [3.05, 3.63) is 53.6 Å². The lowest BCUT2D eigenvalue weighted by Gasteiger charge is -2.07. The van der Waals surface area contributed by atoms with Crippen molar-refractivity contribution in [1.82, 2.24) is 5.43 Å². The number of ether oxygens (including phenoxy) is 1. The Kier molecular flexibility index (Phi) is 5.19. The molecule has 0 unspecified atom stereocenters. The molecule has 0 bridgehead atoms. The number of amides is 1. The molecule has 0 aliphatic rings. The Hall–Kier alpha value is -3.02. The number of phenolic OH excluding ortho intramolecular Hbond substituents is 2. The third-order valence-electron chi connectivity index (χ3n) is 3.08. The van der Waals surface area contributed by atoms with Gasteiger partial charge in [0.1, 0.15) is 17.2 Å².